The topological polar surface area (TPSA) is 45.2 Å². The predicted molar refractivity (Wildman–Crippen MR) is 93.9 cm³/mol. The van der Waals surface area contributed by atoms with Crippen LogP contribution < -0.4 is 10.2 Å². The number of nitrogens with zero attached hydrogens (tertiary/aromatic N) is 2. The van der Waals surface area contributed by atoms with E-state index in [1.165, 1.54) is 6.42 Å². The third-order valence-corrected chi connectivity index (χ3v) is 4.51. The fourth-order valence-corrected chi connectivity index (χ4v) is 3.05. The van der Waals surface area contributed by atoms with Gasteiger partial charge >= 0.3 is 0 Å². The van der Waals surface area contributed by atoms with Gasteiger partial charge in [0.05, 0.1) is 11.9 Å². The number of carbonyl (C=O) groups excluding carboxylic acids is 1. The molecule has 0 atom stereocenters. The molecule has 0 aliphatic heterocycles. The van der Waals surface area contributed by atoms with Crippen LogP contribution in [0.5, 0.6) is 0 Å². The van der Waals surface area contributed by atoms with Gasteiger partial charge in [-0.25, -0.2) is 4.98 Å². The molecule has 23 heavy (non-hydrogen) atoms. The zero-order chi connectivity index (χ0) is 16.1. The van der Waals surface area contributed by atoms with Crippen LogP contribution in [0.3, 0.4) is 0 Å². The molecule has 1 fully saturated rings. The Morgan fingerprint density at radius 3 is 2.43 bits per heavy atom. The first-order valence-electron chi connectivity index (χ1n) is 8.30. The van der Waals surface area contributed by atoms with Gasteiger partial charge in [0.25, 0.3) is 0 Å². The highest BCUT2D eigenvalue weighted by molar-refractivity contribution is 5.91. The molecule has 2 aromatic rings. The van der Waals surface area contributed by atoms with Crippen molar-refractivity contribution in [2.45, 2.75) is 32.1 Å². The highest BCUT2D eigenvalue weighted by Crippen LogP contribution is 2.26. The first-order chi connectivity index (χ1) is 11.2. The summed E-state index contributed by atoms with van der Waals surface area (Å²) in [5.41, 5.74) is 2.10. The molecule has 0 saturated heterocycles. The van der Waals surface area contributed by atoms with Crippen LogP contribution in [0.2, 0.25) is 0 Å². The zero-order valence-corrected chi connectivity index (χ0v) is 13.5. The summed E-state index contributed by atoms with van der Waals surface area (Å²) in [6.07, 6.45) is 7.37. The number of pyridine rings is 1. The lowest BCUT2D eigenvalue weighted by atomic mass is 9.89. The van der Waals surface area contributed by atoms with E-state index >= 15 is 0 Å². The van der Waals surface area contributed by atoms with Gasteiger partial charge in [-0.3, -0.25) is 4.79 Å². The third kappa shape index (κ3) is 3.89. The number of anilines is 3. The van der Waals surface area contributed by atoms with Crippen LogP contribution in [-0.4, -0.2) is 17.9 Å². The second kappa shape index (κ2) is 7.27. The van der Waals surface area contributed by atoms with Gasteiger partial charge in [0.2, 0.25) is 5.91 Å². The van der Waals surface area contributed by atoms with Crippen molar-refractivity contribution in [3.05, 3.63) is 48.7 Å². The molecule has 1 amide bonds. The Bertz CT molecular complexity index is 633. The van der Waals surface area contributed by atoms with E-state index < -0.39 is 0 Å². The normalized spacial score (nSPS) is 15.2. The fourth-order valence-electron chi connectivity index (χ4n) is 3.05. The van der Waals surface area contributed by atoms with E-state index in [1.807, 2.05) is 37.4 Å². The molecule has 1 aromatic carbocycles. The van der Waals surface area contributed by atoms with Crippen molar-refractivity contribution in [2.75, 3.05) is 17.3 Å². The highest BCUT2D eigenvalue weighted by atomic mass is 16.1. The monoisotopic (exact) mass is 309 g/mol. The van der Waals surface area contributed by atoms with Crippen molar-refractivity contribution in [3.63, 3.8) is 0 Å². The molecular weight excluding hydrogens is 286 g/mol. The van der Waals surface area contributed by atoms with E-state index in [0.717, 1.165) is 37.1 Å². The average Bonchev–Trinajstić information content (AvgIpc) is 2.63. The third-order valence-electron chi connectivity index (χ3n) is 4.51. The molecular formula is C19H23N3O. The lowest BCUT2D eigenvalue weighted by molar-refractivity contribution is -0.120. The van der Waals surface area contributed by atoms with Gasteiger partial charge in [0.1, 0.15) is 5.82 Å². The SMILES string of the molecule is CN(c1ccccc1)c1ccc(NC(=O)C2CCCCC2)nc1. The molecule has 1 aliphatic carbocycles. The summed E-state index contributed by atoms with van der Waals surface area (Å²) >= 11 is 0. The molecule has 1 N–H and O–H groups in total. The molecule has 0 bridgehead atoms. The Kier molecular flexibility index (Phi) is 4.91. The van der Waals surface area contributed by atoms with Gasteiger partial charge < -0.3 is 10.2 Å². The van der Waals surface area contributed by atoms with Crippen LogP contribution in [0.25, 0.3) is 0 Å². The number of rotatable bonds is 4. The highest BCUT2D eigenvalue weighted by Gasteiger charge is 2.21. The molecule has 0 unspecified atom stereocenters. The van der Waals surface area contributed by atoms with Gasteiger partial charge in [-0.2, -0.15) is 0 Å². The van der Waals surface area contributed by atoms with Crippen LogP contribution >= 0.6 is 0 Å². The van der Waals surface area contributed by atoms with Gasteiger partial charge in [-0.1, -0.05) is 37.5 Å². The van der Waals surface area contributed by atoms with Crippen molar-refractivity contribution in [1.82, 2.24) is 4.98 Å². The number of para-hydroxylation sites is 1. The molecule has 4 nitrogen and oxygen atoms in total. The van der Waals surface area contributed by atoms with Crippen molar-refractivity contribution in [2.24, 2.45) is 5.92 Å². The van der Waals surface area contributed by atoms with E-state index in [1.54, 1.807) is 6.20 Å². The fraction of sp³-hybridized carbons (Fsp3) is 0.368. The summed E-state index contributed by atoms with van der Waals surface area (Å²) in [6, 6.07) is 14.0. The summed E-state index contributed by atoms with van der Waals surface area (Å²) in [5.74, 6) is 0.893. The summed E-state index contributed by atoms with van der Waals surface area (Å²) < 4.78 is 0. The number of amides is 1. The van der Waals surface area contributed by atoms with E-state index in [0.29, 0.717) is 5.82 Å². The Morgan fingerprint density at radius 2 is 1.78 bits per heavy atom. The minimum absolute atomic E-state index is 0.112. The summed E-state index contributed by atoms with van der Waals surface area (Å²) in [5, 5.41) is 2.95. The van der Waals surface area contributed by atoms with Gasteiger partial charge in [0, 0.05) is 18.7 Å². The maximum atomic E-state index is 12.2. The van der Waals surface area contributed by atoms with Crippen LogP contribution in [0.4, 0.5) is 17.2 Å². The number of aromatic nitrogens is 1. The summed E-state index contributed by atoms with van der Waals surface area (Å²) in [4.78, 5) is 18.7. The van der Waals surface area contributed by atoms with Gasteiger partial charge in [-0.05, 0) is 37.1 Å². The number of nitrogens with one attached hydrogen (secondary N) is 1. The van der Waals surface area contributed by atoms with Crippen LogP contribution in [0.1, 0.15) is 32.1 Å². The molecule has 4 heteroatoms. The first-order valence-corrected chi connectivity index (χ1v) is 8.30. The number of hydrogen-bond donors (Lipinski definition) is 1. The second-order valence-corrected chi connectivity index (χ2v) is 6.12. The van der Waals surface area contributed by atoms with Gasteiger partial charge in [-0.15, -0.1) is 0 Å². The van der Waals surface area contributed by atoms with Crippen molar-refractivity contribution in [1.29, 1.82) is 0 Å². The molecule has 1 aromatic heterocycles. The lowest BCUT2D eigenvalue weighted by Gasteiger charge is -2.21. The summed E-state index contributed by atoms with van der Waals surface area (Å²) in [7, 11) is 2.01. The van der Waals surface area contributed by atoms with Crippen LogP contribution in [0.15, 0.2) is 48.7 Å². The molecule has 1 aliphatic rings. The standard InChI is InChI=1S/C19H23N3O/c1-22(16-10-6-3-7-11-16)17-12-13-18(20-14-17)21-19(23)15-8-4-2-5-9-15/h3,6-7,10-15H,2,4-5,8-9H2,1H3,(H,20,21,23). The predicted octanol–water partition coefficient (Wildman–Crippen LogP) is 4.37. The quantitative estimate of drug-likeness (QED) is 0.912. The van der Waals surface area contributed by atoms with Crippen molar-refractivity contribution < 1.29 is 4.79 Å². The van der Waals surface area contributed by atoms with Crippen LogP contribution in [-0.2, 0) is 4.79 Å². The van der Waals surface area contributed by atoms with E-state index in [9.17, 15) is 4.79 Å². The number of carbonyl (C=O) groups is 1. The number of hydrogen-bond acceptors (Lipinski definition) is 3. The molecule has 1 heterocycles. The first kappa shape index (κ1) is 15.5. The van der Waals surface area contributed by atoms with Crippen LogP contribution in [0, 0.1) is 5.92 Å². The maximum Gasteiger partial charge on any atom is 0.228 e. The second-order valence-electron chi connectivity index (χ2n) is 6.12. The Hall–Kier alpha value is -2.36. The van der Waals surface area contributed by atoms with Crippen molar-refractivity contribution in [3.8, 4) is 0 Å². The average molecular weight is 309 g/mol. The molecule has 120 valence electrons. The molecule has 3 rings (SSSR count). The molecule has 1 saturated carbocycles. The van der Waals surface area contributed by atoms with E-state index in [2.05, 4.69) is 27.3 Å². The smallest absolute Gasteiger partial charge is 0.228 e. The minimum atomic E-state index is 0.112. The Morgan fingerprint density at radius 1 is 1.04 bits per heavy atom. The molecule has 0 radical (unpaired) electrons. The number of benzene rings is 1. The van der Waals surface area contributed by atoms with E-state index in [4.69, 9.17) is 0 Å². The Labute approximate surface area is 137 Å². The summed E-state index contributed by atoms with van der Waals surface area (Å²) in [6.45, 7) is 0. The largest absolute Gasteiger partial charge is 0.343 e. The van der Waals surface area contributed by atoms with Crippen molar-refractivity contribution >= 4 is 23.1 Å². The zero-order valence-electron chi connectivity index (χ0n) is 13.5. The van der Waals surface area contributed by atoms with Gasteiger partial charge in [0.15, 0.2) is 0 Å². The Balaban J connectivity index is 1.64. The maximum absolute atomic E-state index is 12.2. The lowest BCUT2D eigenvalue weighted by Crippen LogP contribution is -2.25. The minimum Gasteiger partial charge on any atom is -0.343 e. The molecule has 0 spiro atoms. The van der Waals surface area contributed by atoms with E-state index in [-0.39, 0.29) is 11.8 Å².